The number of hydrogen-bond donors (Lipinski definition) is 0. The number of unbranched alkanes of at least 4 members (excludes halogenated alkanes) is 3. The maximum absolute atomic E-state index is 3.72. The van der Waals surface area contributed by atoms with Crippen molar-refractivity contribution in [1.82, 2.24) is 0 Å². The smallest absolute Gasteiger partial charge is 0.131 e. The van der Waals surface area contributed by atoms with Crippen molar-refractivity contribution < 1.29 is 0 Å². The molecule has 0 aromatic rings. The average Bonchev–Trinajstić information content (AvgIpc) is 2.44. The summed E-state index contributed by atoms with van der Waals surface area (Å²) >= 11 is 6.78. The van der Waals surface area contributed by atoms with Crippen LogP contribution < -0.4 is 0 Å². The Labute approximate surface area is 144 Å². The van der Waals surface area contributed by atoms with Gasteiger partial charge in [0.05, 0.1) is 3.39 Å². The average molecular weight is 422 g/mol. The molecule has 0 saturated carbocycles. The van der Waals surface area contributed by atoms with Gasteiger partial charge in [0, 0.05) is 5.92 Å². The van der Waals surface area contributed by atoms with Crippen molar-refractivity contribution in [1.29, 1.82) is 0 Å². The van der Waals surface area contributed by atoms with Gasteiger partial charge in [0.15, 0.2) is 0 Å². The van der Waals surface area contributed by atoms with Crippen LogP contribution >= 0.6 is 31.9 Å². The Bertz CT molecular complexity index is 322. The molecule has 0 unspecified atom stereocenters. The van der Waals surface area contributed by atoms with Crippen molar-refractivity contribution in [3.05, 3.63) is 9.47 Å². The topological polar surface area (TPSA) is 0 Å². The molecule has 0 nitrogen and oxygen atoms in total. The Hall–Kier alpha value is 0.477. The molecule has 3 heteroatoms. The van der Waals surface area contributed by atoms with E-state index in [1.807, 2.05) is 0 Å². The van der Waals surface area contributed by atoms with Gasteiger partial charge in [0.2, 0.25) is 0 Å². The second-order valence-electron chi connectivity index (χ2n) is 5.64. The molecule has 0 radical (unpaired) electrons. The van der Waals surface area contributed by atoms with Crippen LogP contribution in [-0.2, 0) is 0 Å². The first-order chi connectivity index (χ1) is 9.49. The number of allylic oxidation sites excluding steroid dienone is 1. The second-order valence-corrected chi connectivity index (χ2v) is 13.3. The summed E-state index contributed by atoms with van der Waals surface area (Å²) in [6.07, 6.45) is 8.50. The van der Waals surface area contributed by atoms with Crippen molar-refractivity contribution in [2.45, 2.75) is 77.9 Å². The van der Waals surface area contributed by atoms with Gasteiger partial charge < -0.3 is 0 Å². The zero-order valence-electron chi connectivity index (χ0n) is 13.6. The third-order valence-electron chi connectivity index (χ3n) is 4.25. The Morgan fingerprint density at radius 2 is 1.65 bits per heavy atom. The first-order valence-electron chi connectivity index (χ1n) is 8.03. The van der Waals surface area contributed by atoms with Gasteiger partial charge in [-0.2, -0.15) is 0 Å². The molecule has 0 rings (SSSR count). The molecule has 0 aliphatic carbocycles. The van der Waals surface area contributed by atoms with Crippen LogP contribution in [0.3, 0.4) is 0 Å². The molecule has 0 amide bonds. The fraction of sp³-hybridized carbons (Fsp3) is 0.765. The molecule has 0 N–H and O–H groups in total. The highest BCUT2D eigenvalue weighted by Gasteiger charge is 2.24. The number of rotatable bonds is 9. The predicted octanol–water partition coefficient (Wildman–Crippen LogP) is 7.26. The summed E-state index contributed by atoms with van der Waals surface area (Å²) in [5, 5.41) is 0. The maximum atomic E-state index is 3.72. The first kappa shape index (κ1) is 20.5. The van der Waals surface area contributed by atoms with E-state index in [2.05, 4.69) is 77.1 Å². The summed E-state index contributed by atoms with van der Waals surface area (Å²) in [4.78, 5) is 0. The molecule has 0 aliphatic rings. The highest BCUT2D eigenvalue weighted by atomic mass is 79.9. The van der Waals surface area contributed by atoms with E-state index >= 15 is 0 Å². The molecular weight excluding hydrogens is 392 g/mol. The summed E-state index contributed by atoms with van der Waals surface area (Å²) in [6.45, 7) is 9.28. The third-order valence-corrected chi connectivity index (χ3v) is 9.64. The summed E-state index contributed by atoms with van der Waals surface area (Å²) in [5.74, 6) is 4.14. The quantitative estimate of drug-likeness (QED) is 0.209. The normalized spacial score (nSPS) is 12.5. The van der Waals surface area contributed by atoms with Crippen LogP contribution in [0.2, 0.25) is 18.1 Å². The van der Waals surface area contributed by atoms with Gasteiger partial charge in [-0.1, -0.05) is 46.6 Å². The fourth-order valence-corrected chi connectivity index (χ4v) is 5.39. The van der Waals surface area contributed by atoms with Gasteiger partial charge in [0.1, 0.15) is 8.07 Å². The molecule has 116 valence electrons. The Balaban J connectivity index is 4.00. The van der Waals surface area contributed by atoms with Crippen molar-refractivity contribution in [3.8, 4) is 11.5 Å². The van der Waals surface area contributed by atoms with Gasteiger partial charge in [0.25, 0.3) is 0 Å². The number of halogens is 2. The minimum absolute atomic E-state index is 0.574. The van der Waals surface area contributed by atoms with Crippen LogP contribution in [-0.4, -0.2) is 8.07 Å². The molecule has 0 aromatic heterocycles. The van der Waals surface area contributed by atoms with Gasteiger partial charge in [-0.3, -0.25) is 0 Å². The van der Waals surface area contributed by atoms with Crippen LogP contribution in [0, 0.1) is 17.4 Å². The summed E-state index contributed by atoms with van der Waals surface area (Å²) in [6, 6.07) is 3.94. The van der Waals surface area contributed by atoms with Crippen LogP contribution in [0.5, 0.6) is 0 Å². The molecular formula is C17H30Br2Si. The van der Waals surface area contributed by atoms with E-state index in [4.69, 9.17) is 0 Å². The van der Waals surface area contributed by atoms with Crippen molar-refractivity contribution in [2.24, 2.45) is 5.92 Å². The number of hydrogen-bond acceptors (Lipinski definition) is 0. The fourth-order valence-electron chi connectivity index (χ4n) is 2.35. The molecule has 0 aromatic carbocycles. The standard InChI is InChI=1S/C17H30Br2Si/c1-5-20(6-2,7-3)15-14-16(4)12-10-8-9-11-13-17(18)19/h13,16H,5-12H2,1-4H3/t16-/m1/s1. The van der Waals surface area contributed by atoms with E-state index in [9.17, 15) is 0 Å². The Morgan fingerprint density at radius 3 is 2.15 bits per heavy atom. The van der Waals surface area contributed by atoms with Crippen LogP contribution in [0.15, 0.2) is 9.47 Å². The monoisotopic (exact) mass is 420 g/mol. The van der Waals surface area contributed by atoms with Gasteiger partial charge in [-0.25, -0.2) is 0 Å². The van der Waals surface area contributed by atoms with E-state index in [-0.39, 0.29) is 0 Å². The predicted molar refractivity (Wildman–Crippen MR) is 103 cm³/mol. The molecule has 1 atom stereocenters. The molecule has 0 heterocycles. The van der Waals surface area contributed by atoms with E-state index in [1.54, 1.807) is 0 Å². The Kier molecular flexibility index (Phi) is 12.4. The summed E-state index contributed by atoms with van der Waals surface area (Å²) < 4.78 is 1.07. The molecule has 0 fully saturated rings. The van der Waals surface area contributed by atoms with Crippen molar-refractivity contribution in [3.63, 3.8) is 0 Å². The summed E-state index contributed by atoms with van der Waals surface area (Å²) in [5.41, 5.74) is 3.72. The zero-order chi connectivity index (χ0) is 15.4. The highest BCUT2D eigenvalue weighted by molar-refractivity contribution is 9.28. The lowest BCUT2D eigenvalue weighted by Crippen LogP contribution is -2.29. The first-order valence-corrected chi connectivity index (χ1v) is 12.2. The largest absolute Gasteiger partial charge is 0.137 e. The molecule has 20 heavy (non-hydrogen) atoms. The van der Waals surface area contributed by atoms with Crippen molar-refractivity contribution in [2.75, 3.05) is 0 Å². The highest BCUT2D eigenvalue weighted by Crippen LogP contribution is 2.20. The third kappa shape index (κ3) is 9.42. The maximum Gasteiger partial charge on any atom is 0.137 e. The second kappa shape index (κ2) is 12.1. The van der Waals surface area contributed by atoms with Crippen LogP contribution in [0.4, 0.5) is 0 Å². The van der Waals surface area contributed by atoms with Gasteiger partial charge >= 0.3 is 0 Å². The molecule has 0 aliphatic heterocycles. The van der Waals surface area contributed by atoms with E-state index < -0.39 is 8.07 Å². The lowest BCUT2D eigenvalue weighted by Gasteiger charge is -2.20. The van der Waals surface area contributed by atoms with E-state index in [1.165, 1.54) is 43.8 Å². The van der Waals surface area contributed by atoms with Crippen molar-refractivity contribution >= 4 is 39.9 Å². The molecule has 0 saturated heterocycles. The molecule has 0 bridgehead atoms. The van der Waals surface area contributed by atoms with Crippen LogP contribution in [0.25, 0.3) is 0 Å². The Morgan fingerprint density at radius 1 is 1.05 bits per heavy atom. The van der Waals surface area contributed by atoms with Crippen LogP contribution in [0.1, 0.15) is 59.8 Å². The lowest BCUT2D eigenvalue weighted by atomic mass is 10.0. The van der Waals surface area contributed by atoms with E-state index in [0.717, 1.165) is 9.81 Å². The zero-order valence-corrected chi connectivity index (χ0v) is 17.7. The molecule has 0 spiro atoms. The lowest BCUT2D eigenvalue weighted by molar-refractivity contribution is 0.578. The van der Waals surface area contributed by atoms with E-state index in [0.29, 0.717) is 5.92 Å². The van der Waals surface area contributed by atoms with Gasteiger partial charge in [-0.15, -0.1) is 11.5 Å². The minimum Gasteiger partial charge on any atom is -0.131 e. The van der Waals surface area contributed by atoms with Gasteiger partial charge in [-0.05, 0) is 69.3 Å². The SMILES string of the molecule is CC[Si](C#C[C@H](C)CCCCCC=C(Br)Br)(CC)CC. The summed E-state index contributed by atoms with van der Waals surface area (Å²) in [7, 11) is -1.23. The minimum atomic E-state index is -1.23.